The number of carbonyl (C=O) groups excluding carboxylic acids is 1. The molecule has 3 rings (SSSR count). The van der Waals surface area contributed by atoms with Gasteiger partial charge in [0, 0.05) is 35.2 Å². The van der Waals surface area contributed by atoms with Crippen molar-refractivity contribution in [3.8, 4) is 0 Å². The van der Waals surface area contributed by atoms with Crippen LogP contribution in [0.3, 0.4) is 0 Å². The Kier molecular flexibility index (Phi) is 3.87. The lowest BCUT2D eigenvalue weighted by Crippen LogP contribution is -2.39. The highest BCUT2D eigenvalue weighted by molar-refractivity contribution is 9.10. The lowest BCUT2D eigenvalue weighted by atomic mass is 10.1. The summed E-state index contributed by atoms with van der Waals surface area (Å²) in [7, 11) is 2.21. The quantitative estimate of drug-likeness (QED) is 0.786. The first kappa shape index (κ1) is 14.1. The fourth-order valence-electron chi connectivity index (χ4n) is 3.54. The van der Waals surface area contributed by atoms with Gasteiger partial charge in [-0.2, -0.15) is 0 Å². The number of nitrogens with zero attached hydrogens (tertiary/aromatic N) is 2. The van der Waals surface area contributed by atoms with Gasteiger partial charge >= 0.3 is 0 Å². The molecule has 0 spiro atoms. The Morgan fingerprint density at radius 1 is 1.20 bits per heavy atom. The number of carbonyl (C=O) groups is 1. The van der Waals surface area contributed by atoms with Crippen LogP contribution < -0.4 is 0 Å². The summed E-state index contributed by atoms with van der Waals surface area (Å²) in [5.74, 6) is 0.176. The maximum atomic E-state index is 12.7. The van der Waals surface area contributed by atoms with Gasteiger partial charge in [-0.3, -0.25) is 9.69 Å². The van der Waals surface area contributed by atoms with Crippen molar-refractivity contribution in [3.63, 3.8) is 0 Å². The van der Waals surface area contributed by atoms with Crippen LogP contribution in [0.2, 0.25) is 0 Å². The van der Waals surface area contributed by atoms with Crippen molar-refractivity contribution in [3.05, 3.63) is 33.8 Å². The molecule has 2 bridgehead atoms. The molecule has 0 radical (unpaired) electrons. The van der Waals surface area contributed by atoms with E-state index in [0.717, 1.165) is 35.1 Å². The molecule has 0 saturated carbocycles. The molecule has 108 valence electrons. The van der Waals surface area contributed by atoms with E-state index in [1.54, 1.807) is 0 Å². The van der Waals surface area contributed by atoms with Gasteiger partial charge in [-0.25, -0.2) is 0 Å². The molecule has 1 aromatic rings. The van der Waals surface area contributed by atoms with Gasteiger partial charge in [0.15, 0.2) is 0 Å². The third kappa shape index (κ3) is 2.63. The SMILES string of the molecule is Cc1cc(Br)cc(C(=O)N2CCC3CCC(C2)N3C)c1. The average Bonchev–Trinajstić information content (AvgIpc) is 2.61. The highest BCUT2D eigenvalue weighted by Crippen LogP contribution is 2.29. The highest BCUT2D eigenvalue weighted by atomic mass is 79.9. The largest absolute Gasteiger partial charge is 0.337 e. The van der Waals surface area contributed by atoms with Crippen molar-refractivity contribution in [1.29, 1.82) is 0 Å². The Bertz CT molecular complexity index is 511. The maximum Gasteiger partial charge on any atom is 0.253 e. The van der Waals surface area contributed by atoms with Gasteiger partial charge in [-0.05, 0) is 57.0 Å². The predicted octanol–water partition coefficient (Wildman–Crippen LogP) is 3.07. The number of hydrogen-bond donors (Lipinski definition) is 0. The molecule has 2 unspecified atom stereocenters. The van der Waals surface area contributed by atoms with Crippen LogP contribution in [0.1, 0.15) is 35.2 Å². The smallest absolute Gasteiger partial charge is 0.253 e. The molecule has 2 saturated heterocycles. The van der Waals surface area contributed by atoms with E-state index in [0.29, 0.717) is 12.1 Å². The van der Waals surface area contributed by atoms with E-state index in [1.165, 1.54) is 12.8 Å². The maximum absolute atomic E-state index is 12.7. The second-order valence-corrected chi connectivity index (χ2v) is 7.02. The monoisotopic (exact) mass is 336 g/mol. The van der Waals surface area contributed by atoms with Crippen LogP contribution >= 0.6 is 15.9 Å². The number of halogens is 1. The number of aryl methyl sites for hydroxylation is 1. The summed E-state index contributed by atoms with van der Waals surface area (Å²) < 4.78 is 0.981. The second-order valence-electron chi connectivity index (χ2n) is 6.11. The third-order valence-corrected chi connectivity index (χ3v) is 5.18. The van der Waals surface area contributed by atoms with Crippen LogP contribution in [-0.4, -0.2) is 47.9 Å². The minimum atomic E-state index is 0.176. The Morgan fingerprint density at radius 3 is 2.70 bits per heavy atom. The van der Waals surface area contributed by atoms with Crippen molar-refractivity contribution in [2.75, 3.05) is 20.1 Å². The molecule has 1 aromatic carbocycles. The molecular weight excluding hydrogens is 316 g/mol. The van der Waals surface area contributed by atoms with E-state index in [1.807, 2.05) is 30.0 Å². The molecule has 4 heteroatoms. The van der Waals surface area contributed by atoms with E-state index in [-0.39, 0.29) is 5.91 Å². The third-order valence-electron chi connectivity index (χ3n) is 4.72. The predicted molar refractivity (Wildman–Crippen MR) is 84.0 cm³/mol. The Balaban J connectivity index is 1.80. The standard InChI is InChI=1S/C16H21BrN2O/c1-11-7-12(9-13(17)8-11)16(20)19-6-5-14-3-4-15(10-19)18(14)2/h7-9,14-15H,3-6,10H2,1-2H3. The zero-order chi connectivity index (χ0) is 14.3. The van der Waals surface area contributed by atoms with E-state index in [2.05, 4.69) is 27.9 Å². The number of likely N-dealkylation sites (tertiary alicyclic amines) is 1. The van der Waals surface area contributed by atoms with Crippen LogP contribution in [0.4, 0.5) is 0 Å². The summed E-state index contributed by atoms with van der Waals surface area (Å²) in [5, 5.41) is 0. The van der Waals surface area contributed by atoms with Gasteiger partial charge < -0.3 is 4.90 Å². The Morgan fingerprint density at radius 2 is 1.95 bits per heavy atom. The van der Waals surface area contributed by atoms with Crippen LogP contribution in [-0.2, 0) is 0 Å². The molecule has 2 fully saturated rings. The van der Waals surface area contributed by atoms with Gasteiger partial charge in [0.25, 0.3) is 5.91 Å². The molecule has 2 aliphatic heterocycles. The van der Waals surface area contributed by atoms with Crippen LogP contribution in [0, 0.1) is 6.92 Å². The molecule has 20 heavy (non-hydrogen) atoms. The molecule has 2 heterocycles. The molecule has 0 aromatic heterocycles. The minimum Gasteiger partial charge on any atom is -0.337 e. The summed E-state index contributed by atoms with van der Waals surface area (Å²) in [5.41, 5.74) is 1.92. The van der Waals surface area contributed by atoms with E-state index < -0.39 is 0 Å². The second kappa shape index (κ2) is 5.49. The minimum absolute atomic E-state index is 0.176. The van der Waals surface area contributed by atoms with Crippen molar-refractivity contribution in [2.45, 2.75) is 38.3 Å². The number of fused-ring (bicyclic) bond motifs is 2. The molecular formula is C16H21BrN2O. The summed E-state index contributed by atoms with van der Waals surface area (Å²) in [6.07, 6.45) is 3.62. The Labute approximate surface area is 129 Å². The number of benzene rings is 1. The summed E-state index contributed by atoms with van der Waals surface area (Å²) >= 11 is 3.48. The lowest BCUT2D eigenvalue weighted by Gasteiger charge is -2.26. The first-order valence-corrected chi connectivity index (χ1v) is 8.12. The van der Waals surface area contributed by atoms with Gasteiger partial charge in [0.2, 0.25) is 0 Å². The highest BCUT2D eigenvalue weighted by Gasteiger charge is 2.36. The number of hydrogen-bond acceptors (Lipinski definition) is 2. The molecule has 2 aliphatic rings. The lowest BCUT2D eigenvalue weighted by molar-refractivity contribution is 0.0740. The number of amides is 1. The fourth-order valence-corrected chi connectivity index (χ4v) is 4.14. The van der Waals surface area contributed by atoms with E-state index >= 15 is 0 Å². The van der Waals surface area contributed by atoms with Crippen LogP contribution in [0.25, 0.3) is 0 Å². The van der Waals surface area contributed by atoms with Crippen LogP contribution in [0.15, 0.2) is 22.7 Å². The van der Waals surface area contributed by atoms with Gasteiger partial charge in [-0.15, -0.1) is 0 Å². The van der Waals surface area contributed by atoms with Crippen molar-refractivity contribution < 1.29 is 4.79 Å². The topological polar surface area (TPSA) is 23.6 Å². The zero-order valence-electron chi connectivity index (χ0n) is 12.1. The number of likely N-dealkylation sites (N-methyl/N-ethyl adjacent to an activating group) is 1. The van der Waals surface area contributed by atoms with Crippen molar-refractivity contribution in [1.82, 2.24) is 9.80 Å². The summed E-state index contributed by atoms with van der Waals surface area (Å²) in [4.78, 5) is 17.2. The van der Waals surface area contributed by atoms with Crippen molar-refractivity contribution in [2.24, 2.45) is 0 Å². The molecule has 2 atom stereocenters. The molecule has 1 amide bonds. The first-order chi connectivity index (χ1) is 9.54. The van der Waals surface area contributed by atoms with Gasteiger partial charge in [0.1, 0.15) is 0 Å². The van der Waals surface area contributed by atoms with Gasteiger partial charge in [-0.1, -0.05) is 15.9 Å². The molecule has 3 nitrogen and oxygen atoms in total. The van der Waals surface area contributed by atoms with E-state index in [9.17, 15) is 4.79 Å². The summed E-state index contributed by atoms with van der Waals surface area (Å²) in [6.45, 7) is 3.78. The number of rotatable bonds is 1. The molecule has 0 aliphatic carbocycles. The zero-order valence-corrected chi connectivity index (χ0v) is 13.7. The average molecular weight is 337 g/mol. The van der Waals surface area contributed by atoms with Gasteiger partial charge in [0.05, 0.1) is 0 Å². The molecule has 0 N–H and O–H groups in total. The normalized spacial score (nSPS) is 26.6. The summed E-state index contributed by atoms with van der Waals surface area (Å²) in [6, 6.07) is 7.17. The first-order valence-electron chi connectivity index (χ1n) is 7.33. The fraction of sp³-hybridized carbons (Fsp3) is 0.562. The van der Waals surface area contributed by atoms with E-state index in [4.69, 9.17) is 0 Å². The van der Waals surface area contributed by atoms with Crippen molar-refractivity contribution >= 4 is 21.8 Å². The Hall–Kier alpha value is -0.870. The van der Waals surface area contributed by atoms with Crippen LogP contribution in [0.5, 0.6) is 0 Å².